The fourth-order valence-electron chi connectivity index (χ4n) is 7.07. The van der Waals surface area contributed by atoms with E-state index in [2.05, 4.69) is 51.0 Å². The van der Waals surface area contributed by atoms with Crippen molar-refractivity contribution in [2.24, 2.45) is 0 Å². The second-order valence-electron chi connectivity index (χ2n) is 11.4. The summed E-state index contributed by atoms with van der Waals surface area (Å²) in [7, 11) is 1.64. The van der Waals surface area contributed by atoms with Crippen LogP contribution in [0, 0.1) is 20.8 Å². The lowest BCUT2D eigenvalue weighted by Crippen LogP contribution is -2.69. The number of aliphatic hydroxyl groups excluding tert-OH is 1. The number of benzene rings is 3. The molecule has 0 spiro atoms. The first-order chi connectivity index (χ1) is 18.3. The minimum atomic E-state index is -4.44. The van der Waals surface area contributed by atoms with Crippen LogP contribution in [0.25, 0.3) is 32.8 Å². The van der Waals surface area contributed by atoms with Crippen LogP contribution in [0.1, 0.15) is 48.1 Å². The summed E-state index contributed by atoms with van der Waals surface area (Å²) in [5, 5.41) is 13.3. The van der Waals surface area contributed by atoms with Crippen molar-refractivity contribution in [1.29, 1.82) is 0 Å². The topological polar surface area (TPSA) is 33.3 Å². The van der Waals surface area contributed by atoms with Crippen LogP contribution in [0.3, 0.4) is 0 Å². The summed E-state index contributed by atoms with van der Waals surface area (Å²) in [6.07, 6.45) is -1.96. The van der Waals surface area contributed by atoms with E-state index in [-0.39, 0.29) is 12.2 Å². The first kappa shape index (κ1) is 27.4. The van der Waals surface area contributed by atoms with E-state index in [0.29, 0.717) is 18.4 Å². The van der Waals surface area contributed by atoms with Crippen LogP contribution in [0.15, 0.2) is 60.8 Å². The van der Waals surface area contributed by atoms with Crippen molar-refractivity contribution in [2.45, 2.75) is 58.2 Å². The molecule has 6 heteroatoms. The quantitative estimate of drug-likeness (QED) is 0.164. The monoisotopic (exact) mass is 534 g/mol. The summed E-state index contributed by atoms with van der Waals surface area (Å²) in [5.74, 6) is 0. The molecule has 2 unspecified atom stereocenters. The summed E-state index contributed by atoms with van der Waals surface area (Å²) in [6.45, 7) is 14.7. The largest absolute Gasteiger partial charge is 0.416 e. The molecule has 0 saturated heterocycles. The third-order valence-corrected chi connectivity index (χ3v) is 9.06. The Labute approximate surface area is 227 Å². The summed E-state index contributed by atoms with van der Waals surface area (Å²) in [5.41, 5.74) is 4.50. The number of halogens is 3. The molecule has 3 nitrogen and oxygen atoms in total. The van der Waals surface area contributed by atoms with Gasteiger partial charge in [-0.2, -0.15) is 17.7 Å². The standard InChI is InChI=1S/C33H35F3NO2/c1-19-14-21(3)29-27(15-19)30-25-9-8-23-16-20(2)28(33(34,35)36)17-26(23)24(25)10-12-37(30)32(6,22(4)18-39-7)31(29,5)11-13-38/h8-10,12,14-17,38H,4,11,13,18H2,1-3,5-7H3/q+1. The van der Waals surface area contributed by atoms with E-state index in [0.717, 1.165) is 49.7 Å². The molecule has 0 amide bonds. The Hall–Kier alpha value is -3.22. The van der Waals surface area contributed by atoms with E-state index in [1.165, 1.54) is 13.0 Å². The molecule has 0 aliphatic carbocycles. The zero-order valence-electron chi connectivity index (χ0n) is 23.4. The van der Waals surface area contributed by atoms with Crippen molar-refractivity contribution in [1.82, 2.24) is 0 Å². The fourth-order valence-corrected chi connectivity index (χ4v) is 7.07. The lowest BCUT2D eigenvalue weighted by Gasteiger charge is -2.48. The smallest absolute Gasteiger partial charge is 0.396 e. The second-order valence-corrected chi connectivity index (χ2v) is 11.4. The number of rotatable bonds is 5. The van der Waals surface area contributed by atoms with Gasteiger partial charge < -0.3 is 9.84 Å². The van der Waals surface area contributed by atoms with Crippen LogP contribution in [0.5, 0.6) is 0 Å². The van der Waals surface area contributed by atoms with Crippen molar-refractivity contribution in [3.8, 4) is 11.3 Å². The highest BCUT2D eigenvalue weighted by molar-refractivity contribution is 6.11. The number of pyridine rings is 1. The average molecular weight is 535 g/mol. The molecule has 1 N–H and O–H groups in total. The molecule has 1 aliphatic rings. The van der Waals surface area contributed by atoms with Gasteiger partial charge in [-0.25, -0.2) is 0 Å². The van der Waals surface area contributed by atoms with Gasteiger partial charge in [0.1, 0.15) is 0 Å². The number of methoxy groups -OCH3 is 1. The summed E-state index contributed by atoms with van der Waals surface area (Å²) in [4.78, 5) is 0. The third-order valence-electron chi connectivity index (χ3n) is 9.06. The van der Waals surface area contributed by atoms with Crippen molar-refractivity contribution in [3.05, 3.63) is 88.6 Å². The predicted octanol–water partition coefficient (Wildman–Crippen LogP) is 7.46. The van der Waals surface area contributed by atoms with E-state index < -0.39 is 22.7 Å². The number of alkyl halides is 3. The Bertz CT molecular complexity index is 1660. The molecule has 0 fully saturated rings. The highest BCUT2D eigenvalue weighted by Gasteiger charge is 2.60. The number of aromatic nitrogens is 1. The number of nitrogens with zero attached hydrogens (tertiary/aromatic N) is 1. The molecule has 0 saturated carbocycles. The fraction of sp³-hybridized carbons (Fsp3) is 0.364. The molecule has 1 aromatic heterocycles. The maximum Gasteiger partial charge on any atom is 0.416 e. The molecular formula is C33H35F3NO2+. The zero-order chi connectivity index (χ0) is 28.5. The molecule has 2 atom stereocenters. The first-order valence-corrected chi connectivity index (χ1v) is 13.2. The Morgan fingerprint density at radius 2 is 1.69 bits per heavy atom. The van der Waals surface area contributed by atoms with Gasteiger partial charge >= 0.3 is 6.18 Å². The first-order valence-electron chi connectivity index (χ1n) is 13.2. The summed E-state index contributed by atoms with van der Waals surface area (Å²) in [6, 6.07) is 13.1. The van der Waals surface area contributed by atoms with Crippen LogP contribution in [0.4, 0.5) is 13.2 Å². The maximum atomic E-state index is 13.9. The van der Waals surface area contributed by atoms with Crippen molar-refractivity contribution in [2.75, 3.05) is 20.3 Å². The highest BCUT2D eigenvalue weighted by atomic mass is 19.4. The van der Waals surface area contributed by atoms with Gasteiger partial charge in [-0.1, -0.05) is 30.3 Å². The predicted molar refractivity (Wildman–Crippen MR) is 150 cm³/mol. The van der Waals surface area contributed by atoms with Crippen LogP contribution >= 0.6 is 0 Å². The highest BCUT2D eigenvalue weighted by Crippen LogP contribution is 2.53. The zero-order valence-corrected chi connectivity index (χ0v) is 23.4. The van der Waals surface area contributed by atoms with Gasteiger partial charge in [0.05, 0.1) is 28.5 Å². The number of hydrogen-bond acceptors (Lipinski definition) is 2. The van der Waals surface area contributed by atoms with Gasteiger partial charge in [0.2, 0.25) is 5.69 Å². The summed E-state index contributed by atoms with van der Waals surface area (Å²) >= 11 is 0. The molecule has 4 aromatic rings. The van der Waals surface area contributed by atoms with Crippen molar-refractivity contribution >= 4 is 21.5 Å². The Morgan fingerprint density at radius 1 is 0.974 bits per heavy atom. The third kappa shape index (κ3) is 3.83. The van der Waals surface area contributed by atoms with Gasteiger partial charge in [0, 0.05) is 37.7 Å². The number of ether oxygens (including phenoxy) is 1. The molecule has 0 bridgehead atoms. The van der Waals surface area contributed by atoms with Gasteiger partial charge in [-0.3, -0.25) is 0 Å². The molecule has 39 heavy (non-hydrogen) atoms. The van der Waals surface area contributed by atoms with Gasteiger partial charge in [-0.05, 0) is 79.8 Å². The maximum absolute atomic E-state index is 13.9. The Morgan fingerprint density at radius 3 is 2.33 bits per heavy atom. The van der Waals surface area contributed by atoms with Gasteiger partial charge in [-0.15, -0.1) is 0 Å². The van der Waals surface area contributed by atoms with Crippen molar-refractivity contribution < 1.29 is 27.6 Å². The van der Waals surface area contributed by atoms with Crippen molar-refractivity contribution in [3.63, 3.8) is 0 Å². The molecule has 2 heterocycles. The van der Waals surface area contributed by atoms with Gasteiger partial charge in [0.15, 0.2) is 11.7 Å². The normalized spacial score (nSPS) is 20.8. The lowest BCUT2D eigenvalue weighted by molar-refractivity contribution is -0.753. The Kier molecular flexibility index (Phi) is 6.43. The molecule has 3 aromatic carbocycles. The minimum absolute atomic E-state index is 0.00715. The number of aryl methyl sites for hydroxylation is 3. The van der Waals surface area contributed by atoms with E-state index in [4.69, 9.17) is 4.74 Å². The average Bonchev–Trinajstić information content (AvgIpc) is 2.85. The SMILES string of the molecule is C=C(COC)C1(C)[n+]2ccc3c(ccc4cc(C)c(C(F)(F)F)cc43)c2-c2cc(C)cc(C)c2C1(C)CCO. The minimum Gasteiger partial charge on any atom is -0.396 e. The number of hydrogen-bond donors (Lipinski definition) is 1. The van der Waals surface area contributed by atoms with E-state index in [1.54, 1.807) is 13.2 Å². The van der Waals surface area contributed by atoms with Crippen LogP contribution < -0.4 is 4.57 Å². The van der Waals surface area contributed by atoms with Crippen LogP contribution in [0.2, 0.25) is 0 Å². The number of fused-ring (bicyclic) bond motifs is 7. The summed E-state index contributed by atoms with van der Waals surface area (Å²) < 4.78 is 49.5. The molecule has 5 rings (SSSR count). The molecule has 1 aliphatic heterocycles. The van der Waals surface area contributed by atoms with Gasteiger partial charge in [0.25, 0.3) is 0 Å². The molecule has 204 valence electrons. The lowest BCUT2D eigenvalue weighted by atomic mass is 9.58. The van der Waals surface area contributed by atoms with E-state index >= 15 is 0 Å². The molecular weight excluding hydrogens is 499 g/mol. The molecule has 0 radical (unpaired) electrons. The Balaban J connectivity index is 1.98. The van der Waals surface area contributed by atoms with Crippen LogP contribution in [-0.4, -0.2) is 25.4 Å². The van der Waals surface area contributed by atoms with E-state index in [1.807, 2.05) is 24.4 Å². The number of aliphatic hydroxyl groups is 1. The van der Waals surface area contributed by atoms with E-state index in [9.17, 15) is 18.3 Å². The second kappa shape index (κ2) is 9.17. The van der Waals surface area contributed by atoms with Crippen LogP contribution in [-0.2, 0) is 21.9 Å².